The molecule has 3 heterocycles. The monoisotopic (exact) mass is 482 g/mol. The molecule has 0 radical (unpaired) electrons. The first-order valence-electron chi connectivity index (χ1n) is 11.0. The maximum atomic E-state index is 13.5. The van der Waals surface area contributed by atoms with Crippen molar-refractivity contribution in [3.05, 3.63) is 65.6 Å². The van der Waals surface area contributed by atoms with E-state index in [0.717, 1.165) is 0 Å². The van der Waals surface area contributed by atoms with E-state index < -0.39 is 18.3 Å². The van der Waals surface area contributed by atoms with Gasteiger partial charge in [-0.3, -0.25) is 14.6 Å². The number of hydrogen-bond acceptors (Lipinski definition) is 6. The van der Waals surface area contributed by atoms with E-state index in [0.29, 0.717) is 33.9 Å². The second-order valence-electron chi connectivity index (χ2n) is 8.09. The number of carbonyl (C=O) groups is 2. The normalized spacial score (nSPS) is 14.9. The Morgan fingerprint density at radius 2 is 2.00 bits per heavy atom. The predicted octanol–water partition coefficient (Wildman–Crippen LogP) is 3.85. The number of nitrogens with one attached hydrogen (secondary N) is 1. The van der Waals surface area contributed by atoms with Gasteiger partial charge in [0.1, 0.15) is 13.2 Å². The fraction of sp³-hybridized carbons (Fsp3) is 0.280. The summed E-state index contributed by atoms with van der Waals surface area (Å²) in [4.78, 5) is 36.7. The highest BCUT2D eigenvalue weighted by molar-refractivity contribution is 6.09. The van der Waals surface area contributed by atoms with Crippen molar-refractivity contribution in [1.29, 1.82) is 0 Å². The van der Waals surface area contributed by atoms with Gasteiger partial charge in [0.15, 0.2) is 0 Å². The maximum absolute atomic E-state index is 13.5. The van der Waals surface area contributed by atoms with Gasteiger partial charge in [-0.05, 0) is 38.1 Å². The molecule has 0 aliphatic carbocycles. The van der Waals surface area contributed by atoms with Crippen molar-refractivity contribution < 1.29 is 28.2 Å². The number of aryl methyl sites for hydroxylation is 1. The van der Waals surface area contributed by atoms with Crippen molar-refractivity contribution >= 4 is 23.2 Å². The highest BCUT2D eigenvalue weighted by Crippen LogP contribution is 2.44. The lowest BCUT2D eigenvalue weighted by molar-refractivity contribution is -0.122. The number of benzene rings is 1. The first-order chi connectivity index (χ1) is 16.8. The molecule has 8 nitrogen and oxygen atoms in total. The van der Waals surface area contributed by atoms with Gasteiger partial charge in [-0.15, -0.1) is 0 Å². The molecule has 1 aromatic carbocycles. The molecule has 0 saturated heterocycles. The highest BCUT2D eigenvalue weighted by atomic mass is 19.3. The van der Waals surface area contributed by atoms with Crippen LogP contribution in [0.2, 0.25) is 0 Å². The summed E-state index contributed by atoms with van der Waals surface area (Å²) >= 11 is 0. The summed E-state index contributed by atoms with van der Waals surface area (Å²) in [6.07, 6.45) is -1.02. The largest absolute Gasteiger partial charge is 0.475 e. The number of aliphatic hydroxyl groups is 1. The summed E-state index contributed by atoms with van der Waals surface area (Å²) in [5, 5.41) is 11.9. The van der Waals surface area contributed by atoms with Crippen LogP contribution < -0.4 is 15.0 Å². The van der Waals surface area contributed by atoms with E-state index in [1.807, 2.05) is 6.07 Å². The standard InChI is InChI=1S/C25H24F2N4O4/c1-14-12-19-21(24(29-14)35-11-10-32)18-4-3-9-28-22(18)15(2)25(34)31(19)13-20(33)30-17-7-5-16(6-8-17)23(26)27/h3-9,12,15,23,32H,10-11,13H2,1-2H3,(H,30,33)/t15-/m1/s1. The molecule has 1 aliphatic rings. The Labute approximate surface area is 200 Å². The highest BCUT2D eigenvalue weighted by Gasteiger charge is 2.35. The number of carbonyl (C=O) groups excluding carboxylic acids is 2. The number of alkyl halides is 2. The number of amides is 2. The third kappa shape index (κ3) is 4.97. The molecule has 4 rings (SSSR count). The number of rotatable bonds is 7. The van der Waals surface area contributed by atoms with Gasteiger partial charge in [-0.25, -0.2) is 13.8 Å². The number of fused-ring (bicyclic) bond motifs is 3. The smallest absolute Gasteiger partial charge is 0.263 e. The van der Waals surface area contributed by atoms with Gasteiger partial charge in [0.05, 0.1) is 29.5 Å². The first kappa shape index (κ1) is 24.2. The Morgan fingerprint density at radius 1 is 1.26 bits per heavy atom. The number of ether oxygens (including phenoxy) is 1. The minimum atomic E-state index is -2.61. The molecule has 182 valence electrons. The van der Waals surface area contributed by atoms with E-state index in [2.05, 4.69) is 15.3 Å². The van der Waals surface area contributed by atoms with Gasteiger partial charge in [-0.2, -0.15) is 0 Å². The van der Waals surface area contributed by atoms with Crippen molar-refractivity contribution in [1.82, 2.24) is 9.97 Å². The molecule has 1 aliphatic heterocycles. The molecule has 10 heteroatoms. The second-order valence-corrected chi connectivity index (χ2v) is 8.09. The molecule has 2 N–H and O–H groups in total. The van der Waals surface area contributed by atoms with Gasteiger partial charge in [-0.1, -0.05) is 18.2 Å². The fourth-order valence-corrected chi connectivity index (χ4v) is 4.00. The zero-order chi connectivity index (χ0) is 25.1. The molecule has 0 bridgehead atoms. The van der Waals surface area contributed by atoms with Gasteiger partial charge >= 0.3 is 0 Å². The topological polar surface area (TPSA) is 105 Å². The SMILES string of the molecule is Cc1cc2c(c(OCCO)n1)-c1cccnc1[C@@H](C)C(=O)N2CC(=O)Nc1ccc(C(F)F)cc1. The minimum absolute atomic E-state index is 0.00289. The van der Waals surface area contributed by atoms with E-state index >= 15 is 0 Å². The summed E-state index contributed by atoms with van der Waals surface area (Å²) in [6, 6.07) is 10.5. The summed E-state index contributed by atoms with van der Waals surface area (Å²) < 4.78 is 31.3. The van der Waals surface area contributed by atoms with E-state index in [4.69, 9.17) is 4.74 Å². The van der Waals surface area contributed by atoms with Crippen molar-refractivity contribution in [3.63, 3.8) is 0 Å². The molecule has 2 aromatic heterocycles. The number of aromatic nitrogens is 2. The van der Waals surface area contributed by atoms with Gasteiger partial charge in [0.2, 0.25) is 17.7 Å². The van der Waals surface area contributed by atoms with Crippen LogP contribution in [0.3, 0.4) is 0 Å². The maximum Gasteiger partial charge on any atom is 0.263 e. The van der Waals surface area contributed by atoms with Crippen molar-refractivity contribution in [2.45, 2.75) is 26.2 Å². The third-order valence-corrected chi connectivity index (χ3v) is 5.62. The Bertz CT molecular complexity index is 1250. The number of aliphatic hydroxyl groups excluding tert-OH is 1. The summed E-state index contributed by atoms with van der Waals surface area (Å²) in [5.41, 5.74) is 2.82. The van der Waals surface area contributed by atoms with Crippen LogP contribution in [0, 0.1) is 6.92 Å². The second kappa shape index (κ2) is 10.1. The Balaban J connectivity index is 1.73. The van der Waals surface area contributed by atoms with Crippen LogP contribution in [-0.2, 0) is 9.59 Å². The molecular weight excluding hydrogens is 458 g/mol. The van der Waals surface area contributed by atoms with Crippen LogP contribution in [0.25, 0.3) is 11.1 Å². The molecule has 1 atom stereocenters. The lowest BCUT2D eigenvalue weighted by Crippen LogP contribution is -2.40. The lowest BCUT2D eigenvalue weighted by atomic mass is 9.98. The van der Waals surface area contributed by atoms with Crippen LogP contribution in [0.1, 0.15) is 36.2 Å². The lowest BCUT2D eigenvalue weighted by Gasteiger charge is -2.25. The molecule has 0 saturated carbocycles. The molecule has 3 aromatic rings. The zero-order valence-corrected chi connectivity index (χ0v) is 19.2. The molecule has 0 unspecified atom stereocenters. The number of pyridine rings is 2. The van der Waals surface area contributed by atoms with Gasteiger partial charge < -0.3 is 20.1 Å². The summed E-state index contributed by atoms with van der Waals surface area (Å²) in [7, 11) is 0. The Morgan fingerprint density at radius 3 is 2.69 bits per heavy atom. The molecule has 35 heavy (non-hydrogen) atoms. The van der Waals surface area contributed by atoms with Gasteiger partial charge in [0, 0.05) is 28.7 Å². The van der Waals surface area contributed by atoms with E-state index in [-0.39, 0.29) is 37.1 Å². The van der Waals surface area contributed by atoms with Crippen LogP contribution in [0.5, 0.6) is 5.88 Å². The Kier molecular flexibility index (Phi) is 7.02. The molecule has 0 spiro atoms. The summed E-state index contributed by atoms with van der Waals surface area (Å²) in [6.45, 7) is 2.89. The summed E-state index contributed by atoms with van der Waals surface area (Å²) in [5.74, 6) is -1.29. The van der Waals surface area contributed by atoms with Crippen LogP contribution in [-0.4, -0.2) is 46.6 Å². The number of hydrogen-bond donors (Lipinski definition) is 2. The van der Waals surface area contributed by atoms with Crippen LogP contribution >= 0.6 is 0 Å². The van der Waals surface area contributed by atoms with E-state index in [9.17, 15) is 23.5 Å². The average molecular weight is 482 g/mol. The Hall–Kier alpha value is -3.92. The fourth-order valence-electron chi connectivity index (χ4n) is 4.00. The van der Waals surface area contributed by atoms with Crippen LogP contribution in [0.4, 0.5) is 20.2 Å². The minimum Gasteiger partial charge on any atom is -0.475 e. The van der Waals surface area contributed by atoms with E-state index in [1.165, 1.54) is 29.2 Å². The number of nitrogens with zero attached hydrogens (tertiary/aromatic N) is 3. The van der Waals surface area contributed by atoms with Crippen molar-refractivity contribution in [2.24, 2.45) is 0 Å². The number of halogens is 2. The van der Waals surface area contributed by atoms with Crippen molar-refractivity contribution in [2.75, 3.05) is 30.0 Å². The zero-order valence-electron chi connectivity index (χ0n) is 19.2. The predicted molar refractivity (Wildman–Crippen MR) is 126 cm³/mol. The van der Waals surface area contributed by atoms with Crippen LogP contribution in [0.15, 0.2) is 48.7 Å². The molecule has 0 fully saturated rings. The average Bonchev–Trinajstić information content (AvgIpc) is 2.92. The third-order valence-electron chi connectivity index (χ3n) is 5.62. The first-order valence-corrected chi connectivity index (χ1v) is 11.0. The number of anilines is 2. The van der Waals surface area contributed by atoms with Crippen molar-refractivity contribution in [3.8, 4) is 17.0 Å². The van der Waals surface area contributed by atoms with E-state index in [1.54, 1.807) is 32.2 Å². The molecular formula is C25H24F2N4O4. The van der Waals surface area contributed by atoms with Gasteiger partial charge in [0.25, 0.3) is 6.43 Å². The quantitative estimate of drug-likeness (QED) is 0.530. The molecule has 2 amide bonds.